The standard InChI is InChI=1S/C25H25ClN6O2.ClH/c26-19-10-12-21(13-11-19)31-27-25(22-8-4-5-9-23(22)33)28-32(31)24(34)18-29-14-16-30(17-15-29)20-6-2-1-3-7-20;/h1-13,33H,14-18H2,(H,27,28);1H. The van der Waals surface area contributed by atoms with Crippen molar-refractivity contribution in [2.75, 3.05) is 42.7 Å². The van der Waals surface area contributed by atoms with Crippen molar-refractivity contribution in [3.63, 3.8) is 0 Å². The average Bonchev–Trinajstić information content (AvgIpc) is 3.31. The van der Waals surface area contributed by atoms with Crippen molar-refractivity contribution < 1.29 is 27.7 Å². The molecule has 0 aliphatic carbocycles. The van der Waals surface area contributed by atoms with Crippen LogP contribution in [-0.4, -0.2) is 59.6 Å². The molecule has 0 spiro atoms. The number of hydrazone groups is 1. The molecule has 0 unspecified atom stereocenters. The molecule has 0 atom stereocenters. The lowest BCUT2D eigenvalue weighted by atomic mass is 10.2. The highest BCUT2D eigenvalue weighted by Gasteiger charge is 2.37. The normalized spacial score (nSPS) is 16.1. The Morgan fingerprint density at radius 3 is 2.23 bits per heavy atom. The minimum absolute atomic E-state index is 0. The number of piperazine rings is 1. The van der Waals surface area contributed by atoms with Crippen LogP contribution in [0.2, 0.25) is 5.02 Å². The Hall–Kier alpha value is -3.30. The Labute approximate surface area is 215 Å². The molecule has 5 rings (SSSR count). The second-order valence-corrected chi connectivity index (χ2v) is 8.67. The molecule has 1 saturated heterocycles. The minimum Gasteiger partial charge on any atom is -1.00 e. The second kappa shape index (κ2) is 11.0. The van der Waals surface area contributed by atoms with Crippen LogP contribution in [-0.2, 0) is 4.79 Å². The number of benzene rings is 3. The molecule has 2 heterocycles. The molecule has 3 N–H and O–H groups in total. The first-order valence-electron chi connectivity index (χ1n) is 11.2. The Bertz CT molecular complexity index is 1180. The number of hydrazine groups is 1. The number of carbonyl (C=O) groups excluding carboxylic acids is 1. The van der Waals surface area contributed by atoms with Crippen LogP contribution >= 0.6 is 11.6 Å². The van der Waals surface area contributed by atoms with E-state index in [2.05, 4.69) is 27.0 Å². The third kappa shape index (κ3) is 5.52. The van der Waals surface area contributed by atoms with Gasteiger partial charge in [-0.2, -0.15) is 5.43 Å². The van der Waals surface area contributed by atoms with Crippen LogP contribution in [0.15, 0.2) is 84.0 Å². The monoisotopic (exact) mass is 512 g/mol. The predicted octanol–water partition coefficient (Wildman–Crippen LogP) is -0.724. The van der Waals surface area contributed by atoms with Crippen molar-refractivity contribution in [2.24, 2.45) is 5.10 Å². The van der Waals surface area contributed by atoms with Gasteiger partial charge in [0.15, 0.2) is 0 Å². The van der Waals surface area contributed by atoms with E-state index in [1.807, 2.05) is 36.4 Å². The van der Waals surface area contributed by atoms with Gasteiger partial charge in [0.2, 0.25) is 0 Å². The molecule has 0 radical (unpaired) electrons. The Balaban J connectivity index is 0.00000289. The third-order valence-electron chi connectivity index (χ3n) is 6.00. The van der Waals surface area contributed by atoms with Gasteiger partial charge in [0.05, 0.1) is 12.2 Å². The maximum absolute atomic E-state index is 13.4. The summed E-state index contributed by atoms with van der Waals surface area (Å²) in [7, 11) is 0. The third-order valence-corrected chi connectivity index (χ3v) is 6.25. The molecule has 1 amide bonds. The number of amides is 1. The van der Waals surface area contributed by atoms with Gasteiger partial charge in [-0.25, -0.2) is 0 Å². The Morgan fingerprint density at radius 2 is 1.54 bits per heavy atom. The van der Waals surface area contributed by atoms with E-state index < -0.39 is 0 Å². The Morgan fingerprint density at radius 1 is 0.886 bits per heavy atom. The van der Waals surface area contributed by atoms with Crippen LogP contribution < -0.4 is 27.9 Å². The molecule has 0 bridgehead atoms. The van der Waals surface area contributed by atoms with E-state index in [9.17, 15) is 9.90 Å². The summed E-state index contributed by atoms with van der Waals surface area (Å²) in [6.45, 7) is 3.58. The fraction of sp³-hybridized carbons (Fsp3) is 0.200. The number of phenols is 1. The highest BCUT2D eigenvalue weighted by molar-refractivity contribution is 6.30. The van der Waals surface area contributed by atoms with Crippen molar-refractivity contribution in [3.8, 4) is 5.75 Å². The maximum atomic E-state index is 13.4. The van der Waals surface area contributed by atoms with Gasteiger partial charge in [0.25, 0.3) is 5.84 Å². The number of carbonyl (C=O) groups is 1. The number of rotatable bonds is 5. The number of halogens is 2. The number of hydrogen-bond donors (Lipinski definition) is 2. The van der Waals surface area contributed by atoms with Gasteiger partial charge in [0, 0.05) is 36.9 Å². The van der Waals surface area contributed by atoms with E-state index in [1.165, 1.54) is 10.8 Å². The van der Waals surface area contributed by atoms with Gasteiger partial charge >= 0.3 is 5.91 Å². The highest BCUT2D eigenvalue weighted by Crippen LogP contribution is 2.23. The van der Waals surface area contributed by atoms with E-state index >= 15 is 0 Å². The van der Waals surface area contributed by atoms with E-state index in [0.29, 0.717) is 22.1 Å². The minimum atomic E-state index is -0.0997. The lowest BCUT2D eigenvalue weighted by Gasteiger charge is -2.36. The smallest absolute Gasteiger partial charge is 0.308 e. The fourth-order valence-electron chi connectivity index (χ4n) is 4.16. The van der Waals surface area contributed by atoms with Gasteiger partial charge in [-0.3, -0.25) is 9.69 Å². The van der Waals surface area contributed by atoms with Crippen molar-refractivity contribution in [2.45, 2.75) is 0 Å². The first-order valence-corrected chi connectivity index (χ1v) is 11.6. The van der Waals surface area contributed by atoms with Gasteiger partial charge < -0.3 is 22.4 Å². The lowest BCUT2D eigenvalue weighted by Crippen LogP contribution is -3.00. The number of quaternary nitrogens is 1. The first-order chi connectivity index (χ1) is 16.6. The second-order valence-electron chi connectivity index (χ2n) is 8.23. The number of phenolic OH excluding ortho intramolecular Hbond substituents is 1. The number of amidine groups is 1. The number of nitrogens with two attached hydrogens (primary N) is 1. The summed E-state index contributed by atoms with van der Waals surface area (Å²) in [6.07, 6.45) is 0. The number of anilines is 2. The number of hydrogen-bond acceptors (Lipinski definition) is 6. The maximum Gasteiger partial charge on any atom is 0.308 e. The van der Waals surface area contributed by atoms with Crippen molar-refractivity contribution in [1.29, 1.82) is 0 Å². The van der Waals surface area contributed by atoms with Crippen LogP contribution in [0.3, 0.4) is 0 Å². The number of para-hydroxylation sites is 2. The van der Waals surface area contributed by atoms with Crippen molar-refractivity contribution in [3.05, 3.63) is 89.4 Å². The van der Waals surface area contributed by atoms with Crippen LogP contribution in [0.5, 0.6) is 5.75 Å². The molecule has 35 heavy (non-hydrogen) atoms. The molecule has 182 valence electrons. The summed E-state index contributed by atoms with van der Waals surface area (Å²) in [5, 5.41) is 18.6. The van der Waals surface area contributed by atoms with Crippen LogP contribution in [0.1, 0.15) is 5.56 Å². The summed E-state index contributed by atoms with van der Waals surface area (Å²) < 4.78 is 0. The summed E-state index contributed by atoms with van der Waals surface area (Å²) in [5.41, 5.74) is 4.14. The Kier molecular flexibility index (Phi) is 7.77. The molecule has 2 aliphatic rings. The molecule has 8 nitrogen and oxygen atoms in total. The number of nitrogens with zero attached hydrogens (tertiary/aromatic N) is 5. The summed E-state index contributed by atoms with van der Waals surface area (Å²) in [5.74, 6) is 0.521. The largest absolute Gasteiger partial charge is 1.00 e. The lowest BCUT2D eigenvalue weighted by molar-refractivity contribution is -0.684. The van der Waals surface area contributed by atoms with Crippen molar-refractivity contribution in [1.82, 2.24) is 10.0 Å². The van der Waals surface area contributed by atoms with Gasteiger partial charge in [-0.15, -0.1) is 5.12 Å². The molecule has 0 aromatic heterocycles. The van der Waals surface area contributed by atoms with Gasteiger partial charge in [-0.1, -0.05) is 52.2 Å². The average molecular weight is 513 g/mol. The molecule has 10 heteroatoms. The zero-order valence-corrected chi connectivity index (χ0v) is 20.5. The molecular formula is C25H26Cl2N6O2. The van der Waals surface area contributed by atoms with E-state index in [1.54, 1.807) is 40.9 Å². The van der Waals surface area contributed by atoms with Crippen LogP contribution in [0.4, 0.5) is 11.4 Å². The molecule has 2 aliphatic heterocycles. The molecule has 3 aromatic carbocycles. The number of aromatic hydroxyl groups is 1. The molecule has 0 saturated carbocycles. The van der Waals surface area contributed by atoms with E-state index in [0.717, 1.165) is 26.2 Å². The first kappa shape index (κ1) is 24.8. The van der Waals surface area contributed by atoms with Gasteiger partial charge in [0.1, 0.15) is 11.3 Å². The van der Waals surface area contributed by atoms with Crippen LogP contribution in [0, 0.1) is 0 Å². The molecule has 1 fully saturated rings. The topological polar surface area (TPSA) is 79.2 Å². The zero-order chi connectivity index (χ0) is 23.5. The predicted molar refractivity (Wildman–Crippen MR) is 132 cm³/mol. The summed E-state index contributed by atoms with van der Waals surface area (Å²) >= 11 is 6.06. The molecular weight excluding hydrogens is 487 g/mol. The van der Waals surface area contributed by atoms with E-state index in [-0.39, 0.29) is 30.6 Å². The van der Waals surface area contributed by atoms with Gasteiger partial charge in [-0.05, 0) is 48.5 Å². The highest BCUT2D eigenvalue weighted by atomic mass is 35.5. The van der Waals surface area contributed by atoms with Crippen LogP contribution in [0.25, 0.3) is 0 Å². The zero-order valence-electron chi connectivity index (χ0n) is 19.0. The quantitative estimate of drug-likeness (QED) is 0.348. The summed E-state index contributed by atoms with van der Waals surface area (Å²) in [6, 6.07) is 24.4. The van der Waals surface area contributed by atoms with Crippen molar-refractivity contribution >= 4 is 34.7 Å². The molecule has 3 aromatic rings. The van der Waals surface area contributed by atoms with E-state index in [4.69, 9.17) is 11.6 Å². The SMILES string of the molecule is O=C(CN1CCN(c2ccccc2)CC1)N1[NH2+]C(c2ccccc2O)=NN1c1ccc(Cl)cc1.[Cl-]. The fourth-order valence-corrected chi connectivity index (χ4v) is 4.29. The summed E-state index contributed by atoms with van der Waals surface area (Å²) in [4.78, 5) is 17.9.